The molecule has 0 aromatic heterocycles. The molecule has 0 radical (unpaired) electrons. The Morgan fingerprint density at radius 1 is 1.36 bits per heavy atom. The Balaban J connectivity index is 2.46. The highest BCUT2D eigenvalue weighted by Gasteiger charge is 2.00. The first kappa shape index (κ1) is 11.2. The molecule has 0 fully saturated rings. The lowest BCUT2D eigenvalue weighted by Gasteiger charge is -2.15. The Hall–Kier alpha value is -0.840. The van der Waals surface area contributed by atoms with E-state index in [0.29, 0.717) is 6.54 Å². The third-order valence-corrected chi connectivity index (χ3v) is 2.32. The van der Waals surface area contributed by atoms with Crippen molar-refractivity contribution in [2.24, 2.45) is 11.6 Å². The van der Waals surface area contributed by atoms with Crippen LogP contribution in [0.25, 0.3) is 0 Å². The van der Waals surface area contributed by atoms with Gasteiger partial charge in [-0.05, 0) is 36.3 Å². The monoisotopic (exact) mass is 229 g/mol. The number of halogens is 1. The maximum atomic E-state index is 5.75. The van der Waals surface area contributed by atoms with Crippen molar-refractivity contribution < 1.29 is 0 Å². The van der Waals surface area contributed by atoms with Crippen molar-refractivity contribution in [3.63, 3.8) is 0 Å². The molecule has 76 valence electrons. The van der Waals surface area contributed by atoms with Gasteiger partial charge in [0.15, 0.2) is 5.11 Å². The lowest BCUT2D eigenvalue weighted by atomic mass is 10.1. The highest BCUT2D eigenvalue weighted by atomic mass is 35.5. The first-order valence-corrected chi connectivity index (χ1v) is 4.94. The van der Waals surface area contributed by atoms with Crippen molar-refractivity contribution in [2.45, 2.75) is 6.42 Å². The second-order valence-corrected chi connectivity index (χ2v) is 3.76. The fraction of sp³-hybridized carbons (Fsp3) is 0.222. The van der Waals surface area contributed by atoms with E-state index in [4.69, 9.17) is 35.4 Å². The lowest BCUT2D eigenvalue weighted by Crippen LogP contribution is -2.42. The number of hydrazine groups is 1. The molecule has 0 aliphatic rings. The van der Waals surface area contributed by atoms with Gasteiger partial charge in [0, 0.05) is 11.6 Å². The molecule has 0 atom stereocenters. The van der Waals surface area contributed by atoms with Crippen LogP contribution in [0.15, 0.2) is 24.3 Å². The van der Waals surface area contributed by atoms with E-state index in [1.807, 2.05) is 24.3 Å². The maximum absolute atomic E-state index is 5.75. The molecule has 1 aromatic carbocycles. The molecule has 0 heterocycles. The van der Waals surface area contributed by atoms with Gasteiger partial charge >= 0.3 is 0 Å². The second kappa shape index (κ2) is 5.14. The van der Waals surface area contributed by atoms with Crippen molar-refractivity contribution in [1.29, 1.82) is 0 Å². The summed E-state index contributed by atoms with van der Waals surface area (Å²) in [6, 6.07) is 7.60. The van der Waals surface area contributed by atoms with E-state index in [1.165, 1.54) is 5.01 Å². The largest absolute Gasteiger partial charge is 0.375 e. The minimum absolute atomic E-state index is 0.207. The third-order valence-electron chi connectivity index (χ3n) is 1.84. The highest BCUT2D eigenvalue weighted by molar-refractivity contribution is 7.80. The van der Waals surface area contributed by atoms with E-state index in [9.17, 15) is 0 Å². The Kier molecular flexibility index (Phi) is 4.13. The minimum atomic E-state index is 0.207. The number of benzene rings is 1. The molecule has 0 saturated carbocycles. The van der Waals surface area contributed by atoms with Crippen LogP contribution in [0.4, 0.5) is 0 Å². The molecule has 0 saturated heterocycles. The van der Waals surface area contributed by atoms with E-state index in [-0.39, 0.29) is 5.11 Å². The zero-order valence-electron chi connectivity index (χ0n) is 7.61. The first-order valence-electron chi connectivity index (χ1n) is 4.15. The van der Waals surface area contributed by atoms with Crippen LogP contribution < -0.4 is 11.6 Å². The van der Waals surface area contributed by atoms with E-state index in [0.717, 1.165) is 17.0 Å². The normalized spacial score (nSPS) is 9.86. The number of hydrogen-bond donors (Lipinski definition) is 2. The summed E-state index contributed by atoms with van der Waals surface area (Å²) in [7, 11) is 0. The summed E-state index contributed by atoms with van der Waals surface area (Å²) in [5.41, 5.74) is 6.49. The maximum Gasteiger partial charge on any atom is 0.180 e. The van der Waals surface area contributed by atoms with E-state index in [2.05, 4.69) is 0 Å². The van der Waals surface area contributed by atoms with Crippen LogP contribution in [-0.2, 0) is 6.42 Å². The molecule has 1 aromatic rings. The molecule has 3 nitrogen and oxygen atoms in total. The van der Waals surface area contributed by atoms with Gasteiger partial charge in [0.25, 0.3) is 0 Å². The van der Waals surface area contributed by atoms with Gasteiger partial charge in [-0.3, -0.25) is 5.01 Å². The summed E-state index contributed by atoms with van der Waals surface area (Å²) in [4.78, 5) is 0. The number of nitrogens with two attached hydrogens (primary N) is 2. The van der Waals surface area contributed by atoms with Crippen LogP contribution in [0.3, 0.4) is 0 Å². The molecule has 0 spiro atoms. The zero-order chi connectivity index (χ0) is 10.6. The first-order chi connectivity index (χ1) is 6.59. The molecular formula is C9H12ClN3S. The predicted molar refractivity (Wildman–Crippen MR) is 62.8 cm³/mol. The Labute approximate surface area is 93.6 Å². The average Bonchev–Trinajstić information content (AvgIpc) is 2.16. The number of hydrogen-bond acceptors (Lipinski definition) is 2. The van der Waals surface area contributed by atoms with Gasteiger partial charge in [0.05, 0.1) is 0 Å². The summed E-state index contributed by atoms with van der Waals surface area (Å²) >= 11 is 10.5. The molecule has 0 bridgehead atoms. The molecular weight excluding hydrogens is 218 g/mol. The van der Waals surface area contributed by atoms with Crippen molar-refractivity contribution in [2.75, 3.05) is 6.54 Å². The summed E-state index contributed by atoms with van der Waals surface area (Å²) in [6.45, 7) is 0.608. The van der Waals surface area contributed by atoms with Crippen LogP contribution in [0.1, 0.15) is 5.56 Å². The van der Waals surface area contributed by atoms with Gasteiger partial charge in [0.1, 0.15) is 0 Å². The molecule has 0 aliphatic heterocycles. The summed E-state index contributed by atoms with van der Waals surface area (Å²) in [5.74, 6) is 5.54. The number of thiocarbonyl (C=S) groups is 1. The van der Waals surface area contributed by atoms with Crippen molar-refractivity contribution in [1.82, 2.24) is 5.01 Å². The van der Waals surface area contributed by atoms with Gasteiger partial charge in [-0.2, -0.15) is 0 Å². The second-order valence-electron chi connectivity index (χ2n) is 2.91. The SMILES string of the molecule is NC(=S)N(N)CCc1ccc(Cl)cc1. The summed E-state index contributed by atoms with van der Waals surface area (Å²) < 4.78 is 0. The smallest absolute Gasteiger partial charge is 0.180 e. The van der Waals surface area contributed by atoms with Crippen molar-refractivity contribution in [3.8, 4) is 0 Å². The van der Waals surface area contributed by atoms with Gasteiger partial charge in [-0.15, -0.1) is 0 Å². The van der Waals surface area contributed by atoms with Gasteiger partial charge in [-0.1, -0.05) is 23.7 Å². The van der Waals surface area contributed by atoms with Crippen LogP contribution in [-0.4, -0.2) is 16.7 Å². The Bertz CT molecular complexity index is 312. The van der Waals surface area contributed by atoms with Crippen molar-refractivity contribution >= 4 is 28.9 Å². The molecule has 4 N–H and O–H groups in total. The molecule has 0 aliphatic carbocycles. The molecule has 5 heteroatoms. The van der Waals surface area contributed by atoms with Gasteiger partial charge in [0.2, 0.25) is 0 Å². The average molecular weight is 230 g/mol. The van der Waals surface area contributed by atoms with Gasteiger partial charge in [-0.25, -0.2) is 5.84 Å². The third kappa shape index (κ3) is 3.49. The van der Waals surface area contributed by atoms with Crippen molar-refractivity contribution in [3.05, 3.63) is 34.9 Å². The van der Waals surface area contributed by atoms with E-state index < -0.39 is 0 Å². The molecule has 0 unspecified atom stereocenters. The zero-order valence-corrected chi connectivity index (χ0v) is 9.18. The van der Waals surface area contributed by atoms with Crippen LogP contribution >= 0.6 is 23.8 Å². The predicted octanol–water partition coefficient (Wildman–Crippen LogP) is 1.30. The summed E-state index contributed by atoms with van der Waals surface area (Å²) in [6.07, 6.45) is 0.797. The quantitative estimate of drug-likeness (QED) is 0.466. The van der Waals surface area contributed by atoms with Crippen LogP contribution in [0, 0.1) is 0 Å². The highest BCUT2D eigenvalue weighted by Crippen LogP contribution is 2.09. The van der Waals surface area contributed by atoms with Gasteiger partial charge < -0.3 is 5.73 Å². The summed E-state index contributed by atoms with van der Waals surface area (Å²) in [5, 5.41) is 2.29. The van der Waals surface area contributed by atoms with Crippen LogP contribution in [0.2, 0.25) is 5.02 Å². The molecule has 14 heavy (non-hydrogen) atoms. The fourth-order valence-electron chi connectivity index (χ4n) is 1.01. The molecule has 0 amide bonds. The lowest BCUT2D eigenvalue weighted by molar-refractivity contribution is 0.447. The minimum Gasteiger partial charge on any atom is -0.375 e. The van der Waals surface area contributed by atoms with E-state index in [1.54, 1.807) is 0 Å². The van der Waals surface area contributed by atoms with Crippen LogP contribution in [0.5, 0.6) is 0 Å². The fourth-order valence-corrected chi connectivity index (χ4v) is 1.23. The Morgan fingerprint density at radius 2 is 1.93 bits per heavy atom. The molecule has 1 rings (SSSR count). The Morgan fingerprint density at radius 3 is 2.43 bits per heavy atom. The topological polar surface area (TPSA) is 55.3 Å². The standard InChI is InChI=1S/C9H12ClN3S/c10-8-3-1-7(2-4-8)5-6-13(12)9(11)14/h1-4H,5-6,12H2,(H2,11,14). The van der Waals surface area contributed by atoms with E-state index >= 15 is 0 Å². The number of rotatable bonds is 3. The number of nitrogens with zero attached hydrogens (tertiary/aromatic N) is 1.